The highest BCUT2D eigenvalue weighted by molar-refractivity contribution is 6.02. The largest absolute Gasteiger partial charge is 0.480 e. The number of ether oxygens (including phenoxy) is 1. The second kappa shape index (κ2) is 15.1. The summed E-state index contributed by atoms with van der Waals surface area (Å²) in [5, 5.41) is 5.70. The fourth-order valence-corrected chi connectivity index (χ4v) is 5.20. The predicted molar refractivity (Wildman–Crippen MR) is 183 cm³/mol. The van der Waals surface area contributed by atoms with Crippen LogP contribution in [-0.4, -0.2) is 26.8 Å². The lowest BCUT2D eigenvalue weighted by atomic mass is 10.0. The summed E-state index contributed by atoms with van der Waals surface area (Å²) in [5.41, 5.74) is 4.99. The van der Waals surface area contributed by atoms with Crippen molar-refractivity contribution in [3.8, 4) is 5.75 Å². The van der Waals surface area contributed by atoms with Gasteiger partial charge in [0.25, 0.3) is 5.91 Å². The molecule has 0 saturated heterocycles. The SMILES string of the molecule is O=C(Nc1ccccc1)Nc1ccc(OC(c2ccccc2)c2ccccc2)c(C(=O)N(Cc2cccnc2)Cc2cccnc2)c1. The predicted octanol–water partition coefficient (Wildman–Crippen LogP) is 8.13. The number of para-hydroxylation sites is 1. The normalized spacial score (nSPS) is 10.7. The van der Waals surface area contributed by atoms with Crippen molar-refractivity contribution < 1.29 is 14.3 Å². The lowest BCUT2D eigenvalue weighted by molar-refractivity contribution is 0.0723. The minimum absolute atomic E-state index is 0.278. The number of anilines is 2. The minimum Gasteiger partial charge on any atom is -0.480 e. The van der Waals surface area contributed by atoms with Gasteiger partial charge in [-0.05, 0) is 64.7 Å². The molecule has 6 rings (SSSR count). The van der Waals surface area contributed by atoms with Crippen LogP contribution in [0.2, 0.25) is 0 Å². The molecule has 0 saturated carbocycles. The molecule has 4 aromatic carbocycles. The lowest BCUT2D eigenvalue weighted by Crippen LogP contribution is -2.31. The van der Waals surface area contributed by atoms with E-state index in [-0.39, 0.29) is 5.91 Å². The summed E-state index contributed by atoms with van der Waals surface area (Å²) in [7, 11) is 0. The van der Waals surface area contributed by atoms with E-state index in [1.54, 1.807) is 60.0 Å². The highest BCUT2D eigenvalue weighted by Crippen LogP contribution is 2.33. The van der Waals surface area contributed by atoms with Crippen LogP contribution in [-0.2, 0) is 13.1 Å². The number of hydrogen-bond donors (Lipinski definition) is 2. The highest BCUT2D eigenvalue weighted by Gasteiger charge is 2.25. The molecule has 232 valence electrons. The number of carbonyl (C=O) groups excluding carboxylic acids is 2. The van der Waals surface area contributed by atoms with E-state index in [0.717, 1.165) is 22.3 Å². The maximum atomic E-state index is 14.6. The number of carbonyl (C=O) groups is 2. The van der Waals surface area contributed by atoms with Gasteiger partial charge in [0.05, 0.1) is 5.56 Å². The average molecular weight is 620 g/mol. The van der Waals surface area contributed by atoms with E-state index in [0.29, 0.717) is 35.8 Å². The third-order valence-corrected chi connectivity index (χ3v) is 7.43. The quantitative estimate of drug-likeness (QED) is 0.153. The minimum atomic E-state index is -0.491. The summed E-state index contributed by atoms with van der Waals surface area (Å²) in [4.78, 5) is 37.8. The van der Waals surface area contributed by atoms with Gasteiger partial charge in [0.1, 0.15) is 11.9 Å². The Bertz CT molecular complexity index is 1810. The summed E-state index contributed by atoms with van der Waals surface area (Å²) in [6.45, 7) is 0.599. The van der Waals surface area contributed by atoms with Gasteiger partial charge in [-0.3, -0.25) is 14.8 Å². The molecule has 2 heterocycles. The van der Waals surface area contributed by atoms with Crippen molar-refractivity contribution in [2.24, 2.45) is 0 Å². The first kappa shape index (κ1) is 30.7. The number of rotatable bonds is 11. The molecule has 0 unspecified atom stereocenters. The zero-order valence-electron chi connectivity index (χ0n) is 25.6. The molecule has 0 radical (unpaired) electrons. The first-order valence-corrected chi connectivity index (χ1v) is 15.2. The topological polar surface area (TPSA) is 96.5 Å². The molecule has 0 spiro atoms. The van der Waals surface area contributed by atoms with Crippen molar-refractivity contribution in [1.29, 1.82) is 0 Å². The van der Waals surface area contributed by atoms with Crippen LogP contribution in [0.3, 0.4) is 0 Å². The number of nitrogens with zero attached hydrogens (tertiary/aromatic N) is 3. The molecule has 0 bridgehead atoms. The zero-order chi connectivity index (χ0) is 32.3. The van der Waals surface area contributed by atoms with E-state index in [1.165, 1.54) is 0 Å². The number of pyridine rings is 2. The van der Waals surface area contributed by atoms with Crippen LogP contribution in [0.4, 0.5) is 16.2 Å². The van der Waals surface area contributed by atoms with Gasteiger partial charge in [0, 0.05) is 49.3 Å². The van der Waals surface area contributed by atoms with Crippen molar-refractivity contribution in [2.75, 3.05) is 10.6 Å². The number of amides is 3. The summed E-state index contributed by atoms with van der Waals surface area (Å²) in [6, 6.07) is 41.2. The van der Waals surface area contributed by atoms with Crippen LogP contribution >= 0.6 is 0 Å². The van der Waals surface area contributed by atoms with Crippen LogP contribution in [0.5, 0.6) is 5.75 Å². The van der Waals surface area contributed by atoms with Gasteiger partial charge in [-0.2, -0.15) is 0 Å². The monoisotopic (exact) mass is 619 g/mol. The van der Waals surface area contributed by atoms with Crippen LogP contribution in [0.15, 0.2) is 158 Å². The van der Waals surface area contributed by atoms with Crippen LogP contribution < -0.4 is 15.4 Å². The number of nitrogens with one attached hydrogen (secondary N) is 2. The molecule has 8 nitrogen and oxygen atoms in total. The van der Waals surface area contributed by atoms with E-state index in [1.807, 2.05) is 103 Å². The van der Waals surface area contributed by atoms with E-state index < -0.39 is 12.1 Å². The van der Waals surface area contributed by atoms with E-state index in [9.17, 15) is 9.59 Å². The van der Waals surface area contributed by atoms with Crippen molar-refractivity contribution in [3.05, 3.63) is 186 Å². The standard InChI is InChI=1S/C39H33N5O3/c45-38(44(27-29-12-10-22-40-25-29)28-30-13-11-23-41-26-30)35-24-34(43-39(46)42-33-18-8-3-9-19-33)20-21-36(35)47-37(31-14-4-1-5-15-31)32-16-6-2-7-17-32/h1-26,37H,27-28H2,(H2,42,43,46). The second-order valence-electron chi connectivity index (χ2n) is 10.9. The molecule has 47 heavy (non-hydrogen) atoms. The van der Waals surface area contributed by atoms with Gasteiger partial charge in [-0.1, -0.05) is 91.0 Å². The van der Waals surface area contributed by atoms with Gasteiger partial charge in [0.15, 0.2) is 0 Å². The average Bonchev–Trinajstić information content (AvgIpc) is 3.12. The van der Waals surface area contributed by atoms with Gasteiger partial charge >= 0.3 is 6.03 Å². The fourth-order valence-electron chi connectivity index (χ4n) is 5.20. The Labute approximate surface area is 273 Å². The number of urea groups is 1. The molecule has 8 heteroatoms. The van der Waals surface area contributed by atoms with Crippen molar-refractivity contribution in [3.63, 3.8) is 0 Å². The maximum Gasteiger partial charge on any atom is 0.323 e. The van der Waals surface area contributed by atoms with E-state index in [2.05, 4.69) is 20.6 Å². The molecule has 2 aromatic heterocycles. The Kier molecular flexibility index (Phi) is 9.90. The van der Waals surface area contributed by atoms with Gasteiger partial charge < -0.3 is 20.3 Å². The van der Waals surface area contributed by atoms with Crippen molar-refractivity contribution in [2.45, 2.75) is 19.2 Å². The Balaban J connectivity index is 1.38. The second-order valence-corrected chi connectivity index (χ2v) is 10.9. The zero-order valence-corrected chi connectivity index (χ0v) is 25.6. The molecule has 0 fully saturated rings. The Morgan fingerprint density at radius 3 is 1.68 bits per heavy atom. The lowest BCUT2D eigenvalue weighted by Gasteiger charge is -2.26. The van der Waals surface area contributed by atoms with Crippen LogP contribution in [0.25, 0.3) is 0 Å². The first-order valence-electron chi connectivity index (χ1n) is 15.2. The molecular weight excluding hydrogens is 586 g/mol. The van der Waals surface area contributed by atoms with Gasteiger partial charge in [0.2, 0.25) is 0 Å². The molecule has 6 aromatic rings. The Hall–Kier alpha value is -6.28. The molecule has 0 atom stereocenters. The molecule has 0 aliphatic rings. The Morgan fingerprint density at radius 1 is 0.617 bits per heavy atom. The summed E-state index contributed by atoms with van der Waals surface area (Å²) >= 11 is 0. The van der Waals surface area contributed by atoms with Crippen LogP contribution in [0.1, 0.15) is 38.7 Å². The molecule has 3 amide bonds. The smallest absolute Gasteiger partial charge is 0.323 e. The third-order valence-electron chi connectivity index (χ3n) is 7.43. The Morgan fingerprint density at radius 2 is 1.15 bits per heavy atom. The third kappa shape index (κ3) is 8.26. The number of hydrogen-bond acceptors (Lipinski definition) is 5. The molecule has 0 aliphatic carbocycles. The van der Waals surface area contributed by atoms with Gasteiger partial charge in [-0.15, -0.1) is 0 Å². The van der Waals surface area contributed by atoms with E-state index >= 15 is 0 Å². The fraction of sp³-hybridized carbons (Fsp3) is 0.0769. The molecular formula is C39H33N5O3. The van der Waals surface area contributed by atoms with Crippen molar-refractivity contribution >= 4 is 23.3 Å². The van der Waals surface area contributed by atoms with Crippen molar-refractivity contribution in [1.82, 2.24) is 14.9 Å². The maximum absolute atomic E-state index is 14.6. The van der Waals surface area contributed by atoms with E-state index in [4.69, 9.17) is 4.74 Å². The first-order chi connectivity index (χ1) is 23.1. The molecule has 2 N–H and O–H groups in total. The van der Waals surface area contributed by atoms with Gasteiger partial charge in [-0.25, -0.2) is 4.79 Å². The molecule has 0 aliphatic heterocycles. The number of benzene rings is 4. The van der Waals surface area contributed by atoms with Crippen LogP contribution in [0, 0.1) is 0 Å². The summed E-state index contributed by atoms with van der Waals surface area (Å²) in [5.74, 6) is 0.101. The summed E-state index contributed by atoms with van der Waals surface area (Å²) in [6.07, 6.45) is 6.40. The highest BCUT2D eigenvalue weighted by atomic mass is 16.5. The summed E-state index contributed by atoms with van der Waals surface area (Å²) < 4.78 is 6.74. The number of aromatic nitrogens is 2.